The normalized spacial score (nSPS) is 12.4. The van der Waals surface area contributed by atoms with E-state index in [1.165, 1.54) is 0 Å². The molecule has 0 spiro atoms. The molecule has 0 fully saturated rings. The minimum Gasteiger partial charge on any atom is -0.454 e. The van der Waals surface area contributed by atoms with E-state index in [-0.39, 0.29) is 6.79 Å². The SMILES string of the molecule is CCSC(SCC)=C(C#N)C/C(C#N)=C\c1ccc2c(c1)OCO2. The molecule has 1 aliphatic rings. The van der Waals surface area contributed by atoms with Crippen LogP contribution in [0.2, 0.25) is 0 Å². The van der Waals surface area contributed by atoms with Gasteiger partial charge in [-0.2, -0.15) is 10.5 Å². The first-order valence-electron chi connectivity index (χ1n) is 7.61. The van der Waals surface area contributed by atoms with Gasteiger partial charge in [0.25, 0.3) is 0 Å². The Kier molecular flexibility index (Phi) is 7.11. The van der Waals surface area contributed by atoms with E-state index in [4.69, 9.17) is 9.47 Å². The lowest BCUT2D eigenvalue weighted by atomic mass is 10.0. The number of hydrogen-bond acceptors (Lipinski definition) is 6. The third-order valence-electron chi connectivity index (χ3n) is 3.18. The molecule has 0 saturated carbocycles. The van der Waals surface area contributed by atoms with Gasteiger partial charge in [-0.25, -0.2) is 0 Å². The highest BCUT2D eigenvalue weighted by atomic mass is 32.2. The zero-order valence-corrected chi connectivity index (χ0v) is 15.3. The van der Waals surface area contributed by atoms with E-state index in [2.05, 4.69) is 26.0 Å². The van der Waals surface area contributed by atoms with Crippen molar-refractivity contribution < 1.29 is 9.47 Å². The van der Waals surface area contributed by atoms with Crippen LogP contribution in [0.25, 0.3) is 6.08 Å². The number of allylic oxidation sites excluding steroid dienone is 2. The molecule has 124 valence electrons. The highest BCUT2D eigenvalue weighted by Crippen LogP contribution is 2.35. The maximum absolute atomic E-state index is 9.48. The number of ether oxygens (including phenoxy) is 2. The zero-order chi connectivity index (χ0) is 17.4. The van der Waals surface area contributed by atoms with Gasteiger partial charge in [-0.05, 0) is 35.3 Å². The van der Waals surface area contributed by atoms with Crippen molar-refractivity contribution in [1.82, 2.24) is 0 Å². The molecule has 0 radical (unpaired) electrons. The second-order valence-electron chi connectivity index (χ2n) is 4.81. The third kappa shape index (κ3) is 4.74. The van der Waals surface area contributed by atoms with Crippen molar-refractivity contribution in [2.45, 2.75) is 20.3 Å². The molecule has 0 saturated heterocycles. The first kappa shape index (κ1) is 18.3. The van der Waals surface area contributed by atoms with Gasteiger partial charge in [0, 0.05) is 12.0 Å². The molecular weight excluding hydrogens is 340 g/mol. The number of fused-ring (bicyclic) bond motifs is 1. The number of benzene rings is 1. The Hall–Kier alpha value is -2.02. The molecule has 0 aromatic heterocycles. The molecule has 6 heteroatoms. The largest absolute Gasteiger partial charge is 0.454 e. The Morgan fingerprint density at radius 3 is 2.46 bits per heavy atom. The van der Waals surface area contributed by atoms with Crippen molar-refractivity contribution in [2.24, 2.45) is 0 Å². The predicted octanol–water partition coefficient (Wildman–Crippen LogP) is 4.95. The van der Waals surface area contributed by atoms with Crippen LogP contribution in [-0.4, -0.2) is 18.3 Å². The lowest BCUT2D eigenvalue weighted by Crippen LogP contribution is -1.92. The maximum Gasteiger partial charge on any atom is 0.231 e. The highest BCUT2D eigenvalue weighted by molar-refractivity contribution is 8.22. The summed E-state index contributed by atoms with van der Waals surface area (Å²) in [6.45, 7) is 4.34. The van der Waals surface area contributed by atoms with Crippen LogP contribution in [0.4, 0.5) is 0 Å². The molecule has 0 bridgehead atoms. The van der Waals surface area contributed by atoms with Crippen LogP contribution >= 0.6 is 23.5 Å². The van der Waals surface area contributed by atoms with Crippen LogP contribution in [0.15, 0.2) is 33.6 Å². The molecule has 0 aliphatic carbocycles. The minimum absolute atomic E-state index is 0.223. The molecule has 1 aromatic carbocycles. The van der Waals surface area contributed by atoms with Crippen molar-refractivity contribution in [3.63, 3.8) is 0 Å². The summed E-state index contributed by atoms with van der Waals surface area (Å²) < 4.78 is 11.7. The van der Waals surface area contributed by atoms with E-state index < -0.39 is 0 Å². The van der Waals surface area contributed by atoms with Crippen LogP contribution in [0.3, 0.4) is 0 Å². The van der Waals surface area contributed by atoms with Gasteiger partial charge in [-0.1, -0.05) is 19.9 Å². The highest BCUT2D eigenvalue weighted by Gasteiger charge is 2.14. The summed E-state index contributed by atoms with van der Waals surface area (Å²) in [7, 11) is 0. The van der Waals surface area contributed by atoms with Gasteiger partial charge in [0.05, 0.1) is 21.9 Å². The van der Waals surface area contributed by atoms with Crippen LogP contribution in [0.5, 0.6) is 11.5 Å². The topological polar surface area (TPSA) is 66.0 Å². The predicted molar refractivity (Wildman–Crippen MR) is 99.7 cm³/mol. The van der Waals surface area contributed by atoms with Crippen LogP contribution in [0, 0.1) is 22.7 Å². The molecule has 1 heterocycles. The second kappa shape index (κ2) is 9.32. The summed E-state index contributed by atoms with van der Waals surface area (Å²) in [5.74, 6) is 3.20. The molecule has 0 atom stereocenters. The lowest BCUT2D eigenvalue weighted by molar-refractivity contribution is 0.174. The van der Waals surface area contributed by atoms with Crippen LogP contribution in [-0.2, 0) is 0 Å². The first-order valence-corrected chi connectivity index (χ1v) is 9.58. The van der Waals surface area contributed by atoms with Crippen LogP contribution < -0.4 is 9.47 Å². The Morgan fingerprint density at radius 2 is 1.83 bits per heavy atom. The quantitative estimate of drug-likeness (QED) is 0.642. The molecule has 0 unspecified atom stereocenters. The Bertz CT molecular complexity index is 734. The monoisotopic (exact) mass is 358 g/mol. The van der Waals surface area contributed by atoms with Crippen molar-refractivity contribution in [1.29, 1.82) is 10.5 Å². The van der Waals surface area contributed by atoms with Gasteiger partial charge < -0.3 is 9.47 Å². The number of thioether (sulfide) groups is 2. The lowest BCUT2D eigenvalue weighted by Gasteiger charge is -2.07. The molecule has 2 rings (SSSR count). The van der Waals surface area contributed by atoms with E-state index in [0.717, 1.165) is 21.3 Å². The summed E-state index contributed by atoms with van der Waals surface area (Å²) in [4.78, 5) is 0. The summed E-state index contributed by atoms with van der Waals surface area (Å²) in [5.41, 5.74) is 2.07. The number of rotatable bonds is 7. The Morgan fingerprint density at radius 1 is 1.12 bits per heavy atom. The first-order chi connectivity index (χ1) is 11.7. The average Bonchev–Trinajstić information content (AvgIpc) is 3.06. The molecule has 1 aliphatic heterocycles. The number of nitriles is 2. The molecule has 0 N–H and O–H groups in total. The van der Waals surface area contributed by atoms with Crippen LogP contribution in [0.1, 0.15) is 25.8 Å². The van der Waals surface area contributed by atoms with E-state index in [1.54, 1.807) is 29.6 Å². The van der Waals surface area contributed by atoms with Gasteiger partial charge in [0.2, 0.25) is 6.79 Å². The fraction of sp³-hybridized carbons (Fsp3) is 0.333. The van der Waals surface area contributed by atoms with E-state index in [1.807, 2.05) is 18.2 Å². The molecule has 24 heavy (non-hydrogen) atoms. The number of hydrogen-bond donors (Lipinski definition) is 0. The summed E-state index contributed by atoms with van der Waals surface area (Å²) in [6.07, 6.45) is 2.14. The van der Waals surface area contributed by atoms with E-state index >= 15 is 0 Å². The smallest absolute Gasteiger partial charge is 0.231 e. The van der Waals surface area contributed by atoms with E-state index in [9.17, 15) is 10.5 Å². The summed E-state index contributed by atoms with van der Waals surface area (Å²) in [6, 6.07) is 10.0. The van der Waals surface area contributed by atoms with Gasteiger partial charge in [-0.3, -0.25) is 0 Å². The third-order valence-corrected chi connectivity index (χ3v) is 5.48. The Labute approximate surface area is 151 Å². The standard InChI is InChI=1S/C18H18N2O2S2/c1-3-23-18(24-4-2)15(11-20)8-14(10-19)7-13-5-6-16-17(9-13)22-12-21-16/h5-7,9H,3-4,8,12H2,1-2H3/b14-7+. The minimum atomic E-state index is 0.223. The van der Waals surface area contributed by atoms with Crippen molar-refractivity contribution in [3.05, 3.63) is 39.1 Å². The van der Waals surface area contributed by atoms with Crippen molar-refractivity contribution in [3.8, 4) is 23.6 Å². The van der Waals surface area contributed by atoms with E-state index in [0.29, 0.717) is 29.1 Å². The van der Waals surface area contributed by atoms with Gasteiger partial charge in [0.15, 0.2) is 11.5 Å². The molecule has 1 aromatic rings. The summed E-state index contributed by atoms with van der Waals surface area (Å²) in [5, 5.41) is 18.9. The Balaban J connectivity index is 2.25. The maximum atomic E-state index is 9.48. The van der Waals surface area contributed by atoms with Crippen molar-refractivity contribution >= 4 is 29.6 Å². The zero-order valence-electron chi connectivity index (χ0n) is 13.7. The summed E-state index contributed by atoms with van der Waals surface area (Å²) >= 11 is 3.31. The van der Waals surface area contributed by atoms with Crippen molar-refractivity contribution in [2.75, 3.05) is 18.3 Å². The molecule has 0 amide bonds. The average molecular weight is 358 g/mol. The number of nitrogens with zero attached hydrogens (tertiary/aromatic N) is 2. The van der Waals surface area contributed by atoms with Gasteiger partial charge >= 0.3 is 0 Å². The molecule has 4 nitrogen and oxygen atoms in total. The van der Waals surface area contributed by atoms with Gasteiger partial charge in [0.1, 0.15) is 0 Å². The fourth-order valence-corrected chi connectivity index (χ4v) is 4.30. The second-order valence-corrected chi connectivity index (χ2v) is 7.62. The fourth-order valence-electron chi connectivity index (χ4n) is 2.15. The van der Waals surface area contributed by atoms with Gasteiger partial charge in [-0.15, -0.1) is 23.5 Å². The molecular formula is C18H18N2O2S2.